The van der Waals surface area contributed by atoms with E-state index in [0.717, 1.165) is 24.3 Å². The van der Waals surface area contributed by atoms with Gasteiger partial charge in [0.1, 0.15) is 0 Å². The van der Waals surface area contributed by atoms with Crippen molar-refractivity contribution < 1.29 is 19.2 Å². The quantitative estimate of drug-likeness (QED) is 0.389. The molecule has 19 heavy (non-hydrogen) atoms. The zero-order valence-electron chi connectivity index (χ0n) is 10.3. The lowest BCUT2D eigenvalue weighted by molar-refractivity contribution is 0.480. The van der Waals surface area contributed by atoms with Crippen LogP contribution < -0.4 is 0 Å². The molecule has 4 N–H and O–H groups in total. The summed E-state index contributed by atoms with van der Waals surface area (Å²) < 4.78 is 0. The Balaban J connectivity index is -0.000000187. The molecular formula is C11H16N4O4. The number of isocyanates is 4. The van der Waals surface area contributed by atoms with Gasteiger partial charge < -0.3 is 0 Å². The maximum absolute atomic E-state index is 8.35. The van der Waals surface area contributed by atoms with Crippen molar-refractivity contribution in [2.24, 2.45) is 11.8 Å². The first-order chi connectivity index (χ1) is 9.11. The highest BCUT2D eigenvalue weighted by Gasteiger charge is 2.30. The molecule has 0 amide bonds. The van der Waals surface area contributed by atoms with Gasteiger partial charge in [0.15, 0.2) is 0 Å². The summed E-state index contributed by atoms with van der Waals surface area (Å²) >= 11 is 0. The average molecular weight is 268 g/mol. The Hall–Kier alpha value is -2.48. The fraction of sp³-hybridized carbons (Fsp3) is 0.636. The number of fused-ring (bicyclic) bond motifs is 2. The summed E-state index contributed by atoms with van der Waals surface area (Å²) in [4.78, 5) is 33.4. The molecule has 0 aliphatic heterocycles. The maximum atomic E-state index is 8.35. The van der Waals surface area contributed by atoms with Crippen LogP contribution in [0.1, 0.15) is 32.1 Å². The molecule has 8 nitrogen and oxygen atoms in total. The molecule has 2 fully saturated rings. The Bertz CT molecular complexity index is 280. The summed E-state index contributed by atoms with van der Waals surface area (Å²) in [6.07, 6.45) is 10.8. The molecule has 2 aliphatic carbocycles. The van der Waals surface area contributed by atoms with Crippen molar-refractivity contribution in [3.63, 3.8) is 0 Å². The Morgan fingerprint density at radius 1 is 0.579 bits per heavy atom. The molecule has 0 saturated heterocycles. The molecular weight excluding hydrogens is 252 g/mol. The molecule has 0 unspecified atom stereocenters. The third-order valence-corrected chi connectivity index (χ3v) is 2.63. The number of hydrogen-bond donors (Lipinski definition) is 4. The van der Waals surface area contributed by atoms with Crippen molar-refractivity contribution in [2.45, 2.75) is 32.1 Å². The summed E-state index contributed by atoms with van der Waals surface area (Å²) in [6.45, 7) is 0. The fourth-order valence-electron chi connectivity index (χ4n) is 2.17. The van der Waals surface area contributed by atoms with Gasteiger partial charge in [-0.1, -0.05) is 25.7 Å². The van der Waals surface area contributed by atoms with Gasteiger partial charge in [0.2, 0.25) is 24.3 Å². The summed E-state index contributed by atoms with van der Waals surface area (Å²) in [5.74, 6) is 2.34. The third kappa shape index (κ3) is 21.4. The number of rotatable bonds is 0. The second-order valence-corrected chi connectivity index (χ2v) is 3.53. The van der Waals surface area contributed by atoms with Crippen LogP contribution in [0.15, 0.2) is 0 Å². The summed E-state index contributed by atoms with van der Waals surface area (Å²) in [5, 5.41) is 21.6. The molecule has 2 rings (SSSR count). The molecule has 0 aromatic rings. The monoisotopic (exact) mass is 268 g/mol. The van der Waals surface area contributed by atoms with Crippen molar-refractivity contribution >= 4 is 24.3 Å². The highest BCUT2D eigenvalue weighted by molar-refractivity contribution is 5.26. The van der Waals surface area contributed by atoms with Gasteiger partial charge in [0.25, 0.3) is 0 Å². The van der Waals surface area contributed by atoms with Crippen molar-refractivity contribution in [1.82, 2.24) is 0 Å². The fourth-order valence-corrected chi connectivity index (χ4v) is 2.17. The minimum absolute atomic E-state index is 0.750. The van der Waals surface area contributed by atoms with Crippen LogP contribution in [-0.4, -0.2) is 24.3 Å². The lowest BCUT2D eigenvalue weighted by atomic mass is 10.0. The zero-order valence-corrected chi connectivity index (χ0v) is 10.3. The number of nitrogens with one attached hydrogen (secondary N) is 4. The normalized spacial score (nSPS) is 19.4. The van der Waals surface area contributed by atoms with Gasteiger partial charge in [-0.25, -0.2) is 40.8 Å². The highest BCUT2D eigenvalue weighted by Crippen LogP contribution is 2.43. The lowest BCUT2D eigenvalue weighted by Gasteiger charge is -2.05. The minimum atomic E-state index is 0.750. The molecule has 0 aromatic carbocycles. The highest BCUT2D eigenvalue weighted by atomic mass is 16.1. The Labute approximate surface area is 110 Å². The van der Waals surface area contributed by atoms with E-state index in [4.69, 9.17) is 40.8 Å². The Kier molecular flexibility index (Phi) is 23.9. The standard InChI is InChI=1S/C7H12.4CHNO/c1-2-7-4-3-6(1)5-7;4*2-1-3/h6-7H,1-5H2;4*2H. The number of carbonyl (C=O) groups excluding carboxylic acids is 4. The van der Waals surface area contributed by atoms with Gasteiger partial charge in [-0.3, -0.25) is 0 Å². The molecule has 0 atom stereocenters. The van der Waals surface area contributed by atoms with E-state index in [1.165, 1.54) is 11.8 Å². The van der Waals surface area contributed by atoms with E-state index in [-0.39, 0.29) is 0 Å². The van der Waals surface area contributed by atoms with E-state index in [2.05, 4.69) is 0 Å². The molecule has 104 valence electrons. The first-order valence-corrected chi connectivity index (χ1v) is 5.27. The molecule has 0 heterocycles. The van der Waals surface area contributed by atoms with E-state index in [1.807, 2.05) is 0 Å². The van der Waals surface area contributed by atoms with Gasteiger partial charge in [-0.15, -0.1) is 0 Å². The van der Waals surface area contributed by atoms with E-state index < -0.39 is 0 Å². The lowest BCUT2D eigenvalue weighted by Crippen LogP contribution is -1.90. The van der Waals surface area contributed by atoms with Gasteiger partial charge in [0, 0.05) is 0 Å². The van der Waals surface area contributed by atoms with Crippen LogP contribution in [0, 0.1) is 33.5 Å². The van der Waals surface area contributed by atoms with Crippen molar-refractivity contribution in [2.75, 3.05) is 0 Å². The smallest absolute Gasteiger partial charge is 0.222 e. The second-order valence-electron chi connectivity index (χ2n) is 3.53. The summed E-state index contributed by atoms with van der Waals surface area (Å²) in [7, 11) is 0. The van der Waals surface area contributed by atoms with Crippen LogP contribution in [0.25, 0.3) is 0 Å². The van der Waals surface area contributed by atoms with Crippen LogP contribution in [-0.2, 0) is 19.2 Å². The first-order valence-electron chi connectivity index (χ1n) is 5.27. The third-order valence-electron chi connectivity index (χ3n) is 2.63. The van der Waals surface area contributed by atoms with Crippen molar-refractivity contribution in [3.8, 4) is 0 Å². The molecule has 0 radical (unpaired) electrons. The van der Waals surface area contributed by atoms with Gasteiger partial charge >= 0.3 is 0 Å². The predicted molar refractivity (Wildman–Crippen MR) is 63.7 cm³/mol. The topological polar surface area (TPSA) is 164 Å². The Morgan fingerprint density at radius 2 is 0.737 bits per heavy atom. The van der Waals surface area contributed by atoms with E-state index in [9.17, 15) is 0 Å². The van der Waals surface area contributed by atoms with E-state index in [1.54, 1.807) is 32.1 Å². The van der Waals surface area contributed by atoms with Crippen LogP contribution in [0.5, 0.6) is 0 Å². The second kappa shape index (κ2) is 20.9. The molecule has 2 aliphatic rings. The van der Waals surface area contributed by atoms with Crippen molar-refractivity contribution in [1.29, 1.82) is 21.6 Å². The van der Waals surface area contributed by atoms with Crippen LogP contribution in [0.2, 0.25) is 0 Å². The zero-order chi connectivity index (χ0) is 15.5. The van der Waals surface area contributed by atoms with Crippen LogP contribution >= 0.6 is 0 Å². The van der Waals surface area contributed by atoms with E-state index in [0.29, 0.717) is 0 Å². The largest absolute Gasteiger partial charge is 0.231 e. The first kappa shape index (κ1) is 21.8. The number of hydrogen-bond acceptors (Lipinski definition) is 8. The van der Waals surface area contributed by atoms with Gasteiger partial charge in [-0.05, 0) is 18.3 Å². The van der Waals surface area contributed by atoms with Crippen molar-refractivity contribution in [3.05, 3.63) is 0 Å². The molecule has 8 heteroatoms. The molecule has 2 bridgehead atoms. The predicted octanol–water partition coefficient (Wildman–Crippen LogP) is 1.80. The van der Waals surface area contributed by atoms with Crippen LogP contribution in [0.4, 0.5) is 0 Å². The molecule has 0 spiro atoms. The van der Waals surface area contributed by atoms with Gasteiger partial charge in [-0.2, -0.15) is 0 Å². The maximum Gasteiger partial charge on any atom is 0.231 e. The summed E-state index contributed by atoms with van der Waals surface area (Å²) in [5.41, 5.74) is 0. The van der Waals surface area contributed by atoms with E-state index >= 15 is 0 Å². The summed E-state index contributed by atoms with van der Waals surface area (Å²) in [6, 6.07) is 0. The van der Waals surface area contributed by atoms with Crippen LogP contribution in [0.3, 0.4) is 0 Å². The molecule has 2 saturated carbocycles. The Morgan fingerprint density at radius 3 is 0.789 bits per heavy atom. The SMILES string of the molecule is C1CC2CCC1C2.N=C=O.N=C=O.N=C=O.N=C=O. The molecule has 0 aromatic heterocycles. The van der Waals surface area contributed by atoms with Gasteiger partial charge in [0.05, 0.1) is 0 Å². The average Bonchev–Trinajstić information content (AvgIpc) is 2.97. The minimum Gasteiger partial charge on any atom is -0.222 e.